The zero-order valence-corrected chi connectivity index (χ0v) is 11.3. The second-order valence-electron chi connectivity index (χ2n) is 3.96. The van der Waals surface area contributed by atoms with Crippen LogP contribution in [0, 0.1) is 0 Å². The van der Waals surface area contributed by atoms with Crippen molar-refractivity contribution < 1.29 is 9.47 Å². The predicted molar refractivity (Wildman–Crippen MR) is 67.6 cm³/mol. The molecule has 1 aromatic heterocycles. The Balaban J connectivity index is 2.46. The lowest BCUT2D eigenvalue weighted by atomic mass is 10.3. The Kier molecular flexibility index (Phi) is 6.22. The number of hydrogen-bond acceptors (Lipinski definition) is 4. The van der Waals surface area contributed by atoms with Crippen LogP contribution < -0.4 is 4.74 Å². The molecular weight excluding hydrogens is 240 g/mol. The minimum atomic E-state index is 0.211. The smallest absolute Gasteiger partial charge is 0.218 e. The van der Waals surface area contributed by atoms with Gasteiger partial charge >= 0.3 is 0 Å². The van der Waals surface area contributed by atoms with Gasteiger partial charge in [-0.1, -0.05) is 18.5 Å². The summed E-state index contributed by atoms with van der Waals surface area (Å²) in [6.45, 7) is 7.06. The molecule has 1 aromatic rings. The van der Waals surface area contributed by atoms with Gasteiger partial charge in [0.2, 0.25) is 5.88 Å². The molecular formula is C12H19ClN2O2. The van der Waals surface area contributed by atoms with Gasteiger partial charge in [0, 0.05) is 12.5 Å². The SMILES string of the molecule is CCCc1nc(Cl)cc(OCCOC(C)C)n1. The molecule has 0 radical (unpaired) electrons. The third-order valence-corrected chi connectivity index (χ3v) is 2.17. The molecule has 1 rings (SSSR count). The molecule has 0 aliphatic rings. The summed E-state index contributed by atoms with van der Waals surface area (Å²) in [5.74, 6) is 1.24. The standard InChI is InChI=1S/C12H19ClN2O2/c1-4-5-11-14-10(13)8-12(15-11)17-7-6-16-9(2)3/h8-9H,4-7H2,1-3H3. The fourth-order valence-corrected chi connectivity index (χ4v) is 1.47. The highest BCUT2D eigenvalue weighted by molar-refractivity contribution is 6.29. The molecule has 0 saturated heterocycles. The van der Waals surface area contributed by atoms with Crippen molar-refractivity contribution in [2.45, 2.75) is 39.7 Å². The number of ether oxygens (including phenoxy) is 2. The zero-order valence-electron chi connectivity index (χ0n) is 10.6. The van der Waals surface area contributed by atoms with Crippen LogP contribution in [0.15, 0.2) is 6.07 Å². The van der Waals surface area contributed by atoms with Crippen molar-refractivity contribution >= 4 is 11.6 Å². The first-order valence-corrected chi connectivity index (χ1v) is 6.27. The summed E-state index contributed by atoms with van der Waals surface area (Å²) in [4.78, 5) is 8.39. The van der Waals surface area contributed by atoms with Gasteiger partial charge in [0.15, 0.2) is 0 Å². The van der Waals surface area contributed by atoms with E-state index in [-0.39, 0.29) is 6.10 Å². The molecule has 0 saturated carbocycles. The highest BCUT2D eigenvalue weighted by Gasteiger charge is 2.04. The average Bonchev–Trinajstić information content (AvgIpc) is 2.24. The van der Waals surface area contributed by atoms with Gasteiger partial charge in [-0.25, -0.2) is 4.98 Å². The van der Waals surface area contributed by atoms with Crippen molar-refractivity contribution in [1.29, 1.82) is 0 Å². The lowest BCUT2D eigenvalue weighted by Crippen LogP contribution is -2.12. The molecule has 0 aromatic carbocycles. The molecule has 0 amide bonds. The van der Waals surface area contributed by atoms with Gasteiger partial charge in [0.05, 0.1) is 12.7 Å². The van der Waals surface area contributed by atoms with E-state index in [2.05, 4.69) is 16.9 Å². The van der Waals surface area contributed by atoms with Crippen LogP contribution in [-0.2, 0) is 11.2 Å². The van der Waals surface area contributed by atoms with Crippen LogP contribution in [-0.4, -0.2) is 29.3 Å². The lowest BCUT2D eigenvalue weighted by Gasteiger charge is -2.09. The third kappa shape index (κ3) is 5.84. The molecule has 1 heterocycles. The van der Waals surface area contributed by atoms with E-state index in [0.717, 1.165) is 18.7 Å². The van der Waals surface area contributed by atoms with Crippen molar-refractivity contribution in [2.24, 2.45) is 0 Å². The monoisotopic (exact) mass is 258 g/mol. The number of hydrogen-bond donors (Lipinski definition) is 0. The number of aromatic nitrogens is 2. The molecule has 96 valence electrons. The van der Waals surface area contributed by atoms with Gasteiger partial charge < -0.3 is 9.47 Å². The third-order valence-electron chi connectivity index (χ3n) is 1.98. The van der Waals surface area contributed by atoms with Crippen LogP contribution in [0.1, 0.15) is 33.0 Å². The van der Waals surface area contributed by atoms with E-state index in [4.69, 9.17) is 21.1 Å². The Morgan fingerprint density at radius 1 is 1.29 bits per heavy atom. The molecule has 0 bridgehead atoms. The first-order valence-electron chi connectivity index (χ1n) is 5.89. The summed E-state index contributed by atoms with van der Waals surface area (Å²) in [5, 5.41) is 0.420. The summed E-state index contributed by atoms with van der Waals surface area (Å²) >= 11 is 5.89. The Morgan fingerprint density at radius 2 is 2.06 bits per heavy atom. The Labute approximate surface area is 107 Å². The van der Waals surface area contributed by atoms with Gasteiger partial charge in [-0.2, -0.15) is 4.98 Å². The van der Waals surface area contributed by atoms with Crippen LogP contribution in [0.5, 0.6) is 5.88 Å². The van der Waals surface area contributed by atoms with Crippen LogP contribution >= 0.6 is 11.6 Å². The van der Waals surface area contributed by atoms with E-state index in [1.54, 1.807) is 6.07 Å². The fraction of sp³-hybridized carbons (Fsp3) is 0.667. The maximum Gasteiger partial charge on any atom is 0.218 e. The molecule has 0 fully saturated rings. The molecule has 4 nitrogen and oxygen atoms in total. The van der Waals surface area contributed by atoms with Gasteiger partial charge in [-0.05, 0) is 20.3 Å². The largest absolute Gasteiger partial charge is 0.475 e. The molecule has 17 heavy (non-hydrogen) atoms. The van der Waals surface area contributed by atoms with Crippen molar-refractivity contribution in [3.05, 3.63) is 17.0 Å². The molecule has 0 N–H and O–H groups in total. The van der Waals surface area contributed by atoms with Crippen LogP contribution in [0.3, 0.4) is 0 Å². The predicted octanol–water partition coefficient (Wildman–Crippen LogP) is 2.89. The molecule has 0 atom stereocenters. The highest BCUT2D eigenvalue weighted by Crippen LogP contribution is 2.14. The lowest BCUT2D eigenvalue weighted by molar-refractivity contribution is 0.0541. The average molecular weight is 259 g/mol. The number of halogens is 1. The molecule has 0 aliphatic carbocycles. The second kappa shape index (κ2) is 7.45. The molecule has 0 aliphatic heterocycles. The number of aryl methyl sites for hydroxylation is 1. The summed E-state index contributed by atoms with van der Waals surface area (Å²) in [6.07, 6.45) is 2.00. The number of rotatable bonds is 7. The molecule has 0 spiro atoms. The Bertz CT molecular complexity index is 345. The normalized spacial score (nSPS) is 10.9. The van der Waals surface area contributed by atoms with E-state index < -0.39 is 0 Å². The summed E-state index contributed by atoms with van der Waals surface area (Å²) in [7, 11) is 0. The zero-order chi connectivity index (χ0) is 12.7. The minimum Gasteiger partial charge on any atom is -0.475 e. The Morgan fingerprint density at radius 3 is 2.71 bits per heavy atom. The molecule has 0 unspecified atom stereocenters. The highest BCUT2D eigenvalue weighted by atomic mass is 35.5. The van der Waals surface area contributed by atoms with E-state index >= 15 is 0 Å². The quantitative estimate of drug-likeness (QED) is 0.557. The minimum absolute atomic E-state index is 0.211. The van der Waals surface area contributed by atoms with E-state index in [0.29, 0.717) is 24.2 Å². The topological polar surface area (TPSA) is 44.2 Å². The first kappa shape index (κ1) is 14.2. The van der Waals surface area contributed by atoms with E-state index in [9.17, 15) is 0 Å². The summed E-state index contributed by atoms with van der Waals surface area (Å²) in [5.41, 5.74) is 0. The second-order valence-corrected chi connectivity index (χ2v) is 4.35. The van der Waals surface area contributed by atoms with Crippen molar-refractivity contribution in [2.75, 3.05) is 13.2 Å². The van der Waals surface area contributed by atoms with Crippen LogP contribution in [0.4, 0.5) is 0 Å². The summed E-state index contributed by atoms with van der Waals surface area (Å²) in [6, 6.07) is 1.62. The first-order chi connectivity index (χ1) is 8.11. The van der Waals surface area contributed by atoms with Gasteiger partial charge in [0.25, 0.3) is 0 Å². The van der Waals surface area contributed by atoms with Crippen molar-refractivity contribution in [1.82, 2.24) is 9.97 Å². The van der Waals surface area contributed by atoms with E-state index in [1.807, 2.05) is 13.8 Å². The van der Waals surface area contributed by atoms with Crippen LogP contribution in [0.25, 0.3) is 0 Å². The fourth-order valence-electron chi connectivity index (χ4n) is 1.28. The van der Waals surface area contributed by atoms with Crippen molar-refractivity contribution in [3.8, 4) is 5.88 Å². The van der Waals surface area contributed by atoms with Gasteiger partial charge in [-0.3, -0.25) is 0 Å². The van der Waals surface area contributed by atoms with Gasteiger partial charge in [-0.15, -0.1) is 0 Å². The number of nitrogens with zero attached hydrogens (tertiary/aromatic N) is 2. The molecule has 5 heteroatoms. The summed E-state index contributed by atoms with van der Waals surface area (Å²) < 4.78 is 10.8. The van der Waals surface area contributed by atoms with E-state index in [1.165, 1.54) is 0 Å². The van der Waals surface area contributed by atoms with Crippen LogP contribution in [0.2, 0.25) is 5.15 Å². The maximum absolute atomic E-state index is 5.89. The maximum atomic E-state index is 5.89. The van der Waals surface area contributed by atoms with Gasteiger partial charge in [0.1, 0.15) is 17.6 Å². The Hall–Kier alpha value is -0.870. The van der Waals surface area contributed by atoms with Crippen molar-refractivity contribution in [3.63, 3.8) is 0 Å².